The Morgan fingerprint density at radius 3 is 2.81 bits per heavy atom. The molecular formula is C9H15N3O2S2. The van der Waals surface area contributed by atoms with Crippen molar-refractivity contribution in [3.63, 3.8) is 0 Å². The SMILES string of the molecule is CNC(C)c1csc(NS(=O)(=O)C2CC2)n1. The van der Waals surface area contributed by atoms with E-state index in [0.29, 0.717) is 5.13 Å². The highest BCUT2D eigenvalue weighted by atomic mass is 32.2. The molecule has 90 valence electrons. The summed E-state index contributed by atoms with van der Waals surface area (Å²) in [4.78, 5) is 4.24. The molecule has 0 aromatic carbocycles. The van der Waals surface area contributed by atoms with Gasteiger partial charge in [-0.25, -0.2) is 13.4 Å². The molecule has 7 heteroatoms. The van der Waals surface area contributed by atoms with Crippen LogP contribution >= 0.6 is 11.3 Å². The molecule has 1 atom stereocenters. The molecular weight excluding hydrogens is 246 g/mol. The fourth-order valence-electron chi connectivity index (χ4n) is 1.26. The summed E-state index contributed by atoms with van der Waals surface area (Å²) in [6.07, 6.45) is 1.53. The Balaban J connectivity index is 2.08. The fraction of sp³-hybridized carbons (Fsp3) is 0.667. The first kappa shape index (κ1) is 11.8. The molecule has 0 amide bonds. The minimum Gasteiger partial charge on any atom is -0.312 e. The Hall–Kier alpha value is -0.660. The molecule has 0 radical (unpaired) electrons. The number of hydrogen-bond acceptors (Lipinski definition) is 5. The fourth-order valence-corrected chi connectivity index (χ4v) is 3.66. The lowest BCUT2D eigenvalue weighted by Crippen LogP contribution is -2.17. The molecule has 0 aliphatic heterocycles. The van der Waals surface area contributed by atoms with Gasteiger partial charge in [-0.15, -0.1) is 11.3 Å². The lowest BCUT2D eigenvalue weighted by molar-refractivity contribution is 0.599. The Labute approximate surface area is 99.3 Å². The molecule has 1 unspecified atom stereocenters. The van der Waals surface area contributed by atoms with Crippen LogP contribution in [-0.4, -0.2) is 25.7 Å². The van der Waals surface area contributed by atoms with Crippen LogP contribution in [-0.2, 0) is 10.0 Å². The molecule has 1 fully saturated rings. The number of nitrogens with one attached hydrogen (secondary N) is 2. The first-order chi connectivity index (χ1) is 7.53. The minimum atomic E-state index is -3.18. The number of nitrogens with zero attached hydrogens (tertiary/aromatic N) is 1. The van der Waals surface area contributed by atoms with Crippen molar-refractivity contribution in [3.05, 3.63) is 11.1 Å². The smallest absolute Gasteiger partial charge is 0.237 e. The van der Waals surface area contributed by atoms with Crippen molar-refractivity contribution in [2.45, 2.75) is 31.1 Å². The molecule has 16 heavy (non-hydrogen) atoms. The van der Waals surface area contributed by atoms with Gasteiger partial charge in [0.25, 0.3) is 0 Å². The van der Waals surface area contributed by atoms with Gasteiger partial charge >= 0.3 is 0 Å². The molecule has 1 saturated carbocycles. The highest BCUT2D eigenvalue weighted by molar-refractivity contribution is 7.93. The Bertz CT molecular complexity index is 465. The summed E-state index contributed by atoms with van der Waals surface area (Å²) in [7, 11) is -1.34. The number of sulfonamides is 1. The predicted octanol–water partition coefficient (Wildman–Crippen LogP) is 1.33. The summed E-state index contributed by atoms with van der Waals surface area (Å²) in [5.41, 5.74) is 0.862. The van der Waals surface area contributed by atoms with E-state index in [2.05, 4.69) is 15.0 Å². The predicted molar refractivity (Wildman–Crippen MR) is 65.2 cm³/mol. The van der Waals surface area contributed by atoms with Gasteiger partial charge in [-0.1, -0.05) is 0 Å². The zero-order chi connectivity index (χ0) is 11.8. The van der Waals surface area contributed by atoms with E-state index < -0.39 is 10.0 Å². The van der Waals surface area contributed by atoms with E-state index in [-0.39, 0.29) is 11.3 Å². The van der Waals surface area contributed by atoms with E-state index in [4.69, 9.17) is 0 Å². The number of aromatic nitrogens is 1. The molecule has 0 bridgehead atoms. The van der Waals surface area contributed by atoms with E-state index in [1.54, 1.807) is 0 Å². The Kier molecular flexibility index (Phi) is 3.18. The van der Waals surface area contributed by atoms with Crippen molar-refractivity contribution in [1.29, 1.82) is 0 Å². The van der Waals surface area contributed by atoms with Crippen molar-refractivity contribution in [3.8, 4) is 0 Å². The van der Waals surface area contributed by atoms with Crippen molar-refractivity contribution >= 4 is 26.5 Å². The summed E-state index contributed by atoms with van der Waals surface area (Å²) in [5.74, 6) is 0. The van der Waals surface area contributed by atoms with Gasteiger partial charge in [0.15, 0.2) is 5.13 Å². The van der Waals surface area contributed by atoms with Crippen LogP contribution in [0.4, 0.5) is 5.13 Å². The molecule has 1 aliphatic rings. The van der Waals surface area contributed by atoms with Gasteiger partial charge in [-0.05, 0) is 26.8 Å². The van der Waals surface area contributed by atoms with Crippen LogP contribution in [0.3, 0.4) is 0 Å². The van der Waals surface area contributed by atoms with Crippen LogP contribution in [0.2, 0.25) is 0 Å². The highest BCUT2D eigenvalue weighted by Crippen LogP contribution is 2.30. The van der Waals surface area contributed by atoms with E-state index in [0.717, 1.165) is 18.5 Å². The summed E-state index contributed by atoms with van der Waals surface area (Å²) in [6, 6.07) is 0.135. The average Bonchev–Trinajstić information content (AvgIpc) is 3.00. The monoisotopic (exact) mass is 261 g/mol. The molecule has 2 rings (SSSR count). The molecule has 0 saturated heterocycles. The van der Waals surface area contributed by atoms with E-state index in [9.17, 15) is 8.42 Å². The zero-order valence-corrected chi connectivity index (χ0v) is 10.9. The van der Waals surface area contributed by atoms with Gasteiger partial charge in [-0.3, -0.25) is 4.72 Å². The number of rotatable bonds is 5. The maximum Gasteiger partial charge on any atom is 0.237 e. The normalized spacial score (nSPS) is 18.4. The maximum absolute atomic E-state index is 11.7. The van der Waals surface area contributed by atoms with Gasteiger partial charge in [0.2, 0.25) is 10.0 Å². The third-order valence-electron chi connectivity index (χ3n) is 2.59. The Morgan fingerprint density at radius 2 is 2.25 bits per heavy atom. The number of hydrogen-bond donors (Lipinski definition) is 2. The molecule has 5 nitrogen and oxygen atoms in total. The van der Waals surface area contributed by atoms with Gasteiger partial charge in [0, 0.05) is 11.4 Å². The lowest BCUT2D eigenvalue weighted by Gasteiger charge is -2.05. The van der Waals surface area contributed by atoms with Crippen LogP contribution in [0.15, 0.2) is 5.38 Å². The first-order valence-corrected chi connectivity index (χ1v) is 7.60. The minimum absolute atomic E-state index is 0.135. The standard InChI is InChI=1S/C9H15N3O2S2/c1-6(10-2)8-5-15-9(11-8)12-16(13,14)7-3-4-7/h5-7,10H,3-4H2,1-2H3,(H,11,12). The second-order valence-electron chi connectivity index (χ2n) is 3.93. The second-order valence-corrected chi connectivity index (χ2v) is 6.75. The lowest BCUT2D eigenvalue weighted by atomic mass is 10.3. The molecule has 2 N–H and O–H groups in total. The molecule has 0 spiro atoms. The summed E-state index contributed by atoms with van der Waals surface area (Å²) < 4.78 is 25.8. The molecule has 1 aromatic heterocycles. The summed E-state index contributed by atoms with van der Waals surface area (Å²) in [6.45, 7) is 1.98. The maximum atomic E-state index is 11.7. The van der Waals surface area contributed by atoms with Crippen LogP contribution in [0, 0.1) is 0 Å². The number of anilines is 1. The van der Waals surface area contributed by atoms with E-state index in [1.165, 1.54) is 11.3 Å². The summed E-state index contributed by atoms with van der Waals surface area (Å²) in [5, 5.41) is 5.18. The van der Waals surface area contributed by atoms with Crippen molar-refractivity contribution < 1.29 is 8.42 Å². The highest BCUT2D eigenvalue weighted by Gasteiger charge is 2.36. The van der Waals surface area contributed by atoms with Crippen molar-refractivity contribution in [2.75, 3.05) is 11.8 Å². The number of thiazole rings is 1. The van der Waals surface area contributed by atoms with Gasteiger partial charge in [0.1, 0.15) is 0 Å². The second kappa shape index (κ2) is 4.31. The quantitative estimate of drug-likeness (QED) is 0.839. The summed E-state index contributed by atoms with van der Waals surface area (Å²) >= 11 is 1.32. The first-order valence-electron chi connectivity index (χ1n) is 5.17. The van der Waals surface area contributed by atoms with Crippen molar-refractivity contribution in [1.82, 2.24) is 10.3 Å². The van der Waals surface area contributed by atoms with Gasteiger partial charge < -0.3 is 5.32 Å². The largest absolute Gasteiger partial charge is 0.312 e. The van der Waals surface area contributed by atoms with E-state index in [1.807, 2.05) is 19.4 Å². The van der Waals surface area contributed by atoms with Crippen LogP contribution in [0.5, 0.6) is 0 Å². The van der Waals surface area contributed by atoms with Crippen LogP contribution in [0.1, 0.15) is 31.5 Å². The third kappa shape index (κ3) is 2.53. The topological polar surface area (TPSA) is 71.1 Å². The zero-order valence-electron chi connectivity index (χ0n) is 9.23. The Morgan fingerprint density at radius 1 is 1.56 bits per heavy atom. The van der Waals surface area contributed by atoms with Crippen LogP contribution in [0.25, 0.3) is 0 Å². The molecule has 1 aliphatic carbocycles. The average molecular weight is 261 g/mol. The van der Waals surface area contributed by atoms with Gasteiger partial charge in [-0.2, -0.15) is 0 Å². The van der Waals surface area contributed by atoms with Crippen molar-refractivity contribution in [2.24, 2.45) is 0 Å². The molecule has 1 heterocycles. The van der Waals surface area contributed by atoms with E-state index >= 15 is 0 Å². The van der Waals surface area contributed by atoms with Crippen LogP contribution < -0.4 is 10.0 Å². The third-order valence-corrected chi connectivity index (χ3v) is 5.32. The molecule has 1 aromatic rings. The van der Waals surface area contributed by atoms with Gasteiger partial charge in [0.05, 0.1) is 10.9 Å².